The van der Waals surface area contributed by atoms with Crippen LogP contribution in [-0.2, 0) is 12.7 Å². The quantitative estimate of drug-likeness (QED) is 0.226. The topological polar surface area (TPSA) is 110 Å². The van der Waals surface area contributed by atoms with Gasteiger partial charge in [0.1, 0.15) is 5.56 Å². The van der Waals surface area contributed by atoms with Crippen molar-refractivity contribution in [1.82, 2.24) is 20.0 Å². The van der Waals surface area contributed by atoms with Gasteiger partial charge in [-0.05, 0) is 55.2 Å². The largest absolute Gasteiger partial charge is 0.478 e. The molecule has 9 nitrogen and oxygen atoms in total. The Labute approximate surface area is 238 Å². The van der Waals surface area contributed by atoms with Crippen LogP contribution in [0, 0.1) is 5.82 Å². The first-order valence-corrected chi connectivity index (χ1v) is 13.0. The number of amides is 1. The number of pyridine rings is 1. The Bertz CT molecular complexity index is 1590. The van der Waals surface area contributed by atoms with Gasteiger partial charge in [0.25, 0.3) is 5.91 Å². The molecule has 0 bridgehead atoms. The summed E-state index contributed by atoms with van der Waals surface area (Å²) in [6.45, 7) is -0.112. The van der Waals surface area contributed by atoms with E-state index in [-0.39, 0.29) is 29.4 Å². The van der Waals surface area contributed by atoms with E-state index in [4.69, 9.17) is 4.74 Å². The van der Waals surface area contributed by atoms with E-state index >= 15 is 4.39 Å². The molecule has 1 aliphatic carbocycles. The fourth-order valence-electron chi connectivity index (χ4n) is 4.30. The van der Waals surface area contributed by atoms with Gasteiger partial charge in [-0.2, -0.15) is 28.2 Å². The number of ether oxygens (including phenoxy) is 1. The first kappa shape index (κ1) is 28.2. The first-order valence-electron chi connectivity index (χ1n) is 12.3. The Kier molecular flexibility index (Phi) is 7.76. The number of hydrogen-bond donors (Lipinski definition) is 1. The molecule has 0 spiro atoms. The summed E-state index contributed by atoms with van der Waals surface area (Å²) in [6.07, 6.45) is 0.814. The number of benzene rings is 2. The van der Waals surface area contributed by atoms with Crippen LogP contribution in [0.4, 0.5) is 23.2 Å². The normalized spacial score (nSPS) is 13.5. The minimum atomic E-state index is -4.93. The van der Waals surface area contributed by atoms with Gasteiger partial charge in [0.15, 0.2) is 11.6 Å². The van der Waals surface area contributed by atoms with Crippen LogP contribution in [0.1, 0.15) is 51.1 Å². The second kappa shape index (κ2) is 11.3. The molecule has 1 fully saturated rings. The van der Waals surface area contributed by atoms with Crippen molar-refractivity contribution < 1.29 is 37.0 Å². The number of aromatic carboxylic acids is 1. The maximum Gasteiger partial charge on any atom is 0.421 e. The van der Waals surface area contributed by atoms with Gasteiger partial charge in [-0.15, -0.1) is 0 Å². The van der Waals surface area contributed by atoms with E-state index < -0.39 is 46.6 Å². The minimum absolute atomic E-state index is 0.102. The molecular formula is C27H20BrF4N5O4. The monoisotopic (exact) mass is 633 g/mol. The summed E-state index contributed by atoms with van der Waals surface area (Å²) in [5.41, 5.74) is -1.70. The third kappa shape index (κ3) is 6.06. The van der Waals surface area contributed by atoms with Crippen molar-refractivity contribution in [3.8, 4) is 11.6 Å². The molecule has 0 atom stereocenters. The number of carboxylic acid groups (broad SMARTS) is 1. The lowest BCUT2D eigenvalue weighted by atomic mass is 9.89. The molecule has 4 aromatic rings. The van der Waals surface area contributed by atoms with E-state index in [0.717, 1.165) is 40.1 Å². The number of carboxylic acids is 1. The fourth-order valence-corrected chi connectivity index (χ4v) is 4.56. The van der Waals surface area contributed by atoms with Crippen molar-refractivity contribution >= 4 is 33.5 Å². The molecule has 14 heteroatoms. The molecule has 0 unspecified atom stereocenters. The van der Waals surface area contributed by atoms with Gasteiger partial charge in [-0.1, -0.05) is 15.9 Å². The zero-order chi connectivity index (χ0) is 29.3. The number of carbonyl (C=O) groups excluding carboxylic acids is 1. The van der Waals surface area contributed by atoms with E-state index in [0.29, 0.717) is 12.8 Å². The van der Waals surface area contributed by atoms with Gasteiger partial charge in [0.05, 0.1) is 30.2 Å². The van der Waals surface area contributed by atoms with Gasteiger partial charge in [-0.25, -0.2) is 14.2 Å². The zero-order valence-corrected chi connectivity index (χ0v) is 22.6. The molecule has 5 rings (SSSR count). The Balaban J connectivity index is 1.53. The number of alkyl halides is 3. The number of carbonyl (C=O) groups is 2. The van der Waals surface area contributed by atoms with Crippen molar-refractivity contribution in [2.75, 3.05) is 4.90 Å². The molecule has 1 aliphatic rings. The van der Waals surface area contributed by atoms with Crippen molar-refractivity contribution in [1.29, 1.82) is 0 Å². The Morgan fingerprint density at radius 3 is 2.37 bits per heavy atom. The van der Waals surface area contributed by atoms with Crippen LogP contribution in [0.15, 0.2) is 65.5 Å². The number of rotatable bonds is 8. The fraction of sp³-hybridized carbons (Fsp3) is 0.222. The van der Waals surface area contributed by atoms with Crippen LogP contribution in [0.5, 0.6) is 11.6 Å². The summed E-state index contributed by atoms with van der Waals surface area (Å²) >= 11 is 3.29. The summed E-state index contributed by atoms with van der Waals surface area (Å²) in [7, 11) is 0. The molecular weight excluding hydrogens is 614 g/mol. The summed E-state index contributed by atoms with van der Waals surface area (Å²) in [5.74, 6) is -5.00. The van der Waals surface area contributed by atoms with Gasteiger partial charge in [-0.3, -0.25) is 4.79 Å². The molecule has 41 heavy (non-hydrogen) atoms. The molecule has 1 saturated carbocycles. The summed E-state index contributed by atoms with van der Waals surface area (Å²) in [6, 6.07) is 8.31. The summed E-state index contributed by atoms with van der Waals surface area (Å²) < 4.78 is 63.1. The van der Waals surface area contributed by atoms with E-state index in [1.54, 1.807) is 24.3 Å². The highest BCUT2D eigenvalue weighted by Crippen LogP contribution is 2.40. The van der Waals surface area contributed by atoms with Crippen molar-refractivity contribution in [3.05, 3.63) is 93.6 Å². The lowest BCUT2D eigenvalue weighted by Gasteiger charge is -2.38. The van der Waals surface area contributed by atoms with Gasteiger partial charge in [0.2, 0.25) is 5.88 Å². The molecule has 1 amide bonds. The van der Waals surface area contributed by atoms with Crippen LogP contribution >= 0.6 is 15.9 Å². The smallest absolute Gasteiger partial charge is 0.421 e. The van der Waals surface area contributed by atoms with E-state index in [1.165, 1.54) is 17.3 Å². The molecule has 1 N–H and O–H groups in total. The first-order chi connectivity index (χ1) is 19.5. The lowest BCUT2D eigenvalue weighted by molar-refractivity contribution is -0.139. The Hall–Kier alpha value is -4.33. The van der Waals surface area contributed by atoms with Crippen molar-refractivity contribution in [3.63, 3.8) is 0 Å². The number of nitrogens with zero attached hydrogens (tertiary/aromatic N) is 5. The second-order valence-electron chi connectivity index (χ2n) is 9.23. The number of anilines is 1. The maximum absolute atomic E-state index is 15.4. The van der Waals surface area contributed by atoms with Crippen LogP contribution in [0.2, 0.25) is 0 Å². The molecule has 0 saturated heterocycles. The molecule has 0 aliphatic heterocycles. The van der Waals surface area contributed by atoms with Crippen LogP contribution < -0.4 is 9.64 Å². The highest BCUT2D eigenvalue weighted by Gasteiger charge is 2.37. The van der Waals surface area contributed by atoms with Crippen LogP contribution in [0.3, 0.4) is 0 Å². The van der Waals surface area contributed by atoms with Crippen molar-refractivity contribution in [2.45, 2.75) is 38.0 Å². The highest BCUT2D eigenvalue weighted by molar-refractivity contribution is 9.10. The van der Waals surface area contributed by atoms with Crippen molar-refractivity contribution in [2.24, 2.45) is 0 Å². The van der Waals surface area contributed by atoms with E-state index in [9.17, 15) is 27.9 Å². The van der Waals surface area contributed by atoms with Gasteiger partial charge >= 0.3 is 12.1 Å². The predicted octanol–water partition coefficient (Wildman–Crippen LogP) is 6.33. The Morgan fingerprint density at radius 1 is 1.10 bits per heavy atom. The third-order valence-electron chi connectivity index (χ3n) is 6.50. The second-order valence-corrected chi connectivity index (χ2v) is 10.1. The number of hydrogen-bond acceptors (Lipinski definition) is 6. The van der Waals surface area contributed by atoms with Gasteiger partial charge in [0, 0.05) is 34.4 Å². The number of aromatic nitrogens is 4. The third-order valence-corrected chi connectivity index (χ3v) is 7.03. The maximum atomic E-state index is 15.4. The van der Waals surface area contributed by atoms with E-state index in [1.807, 2.05) is 0 Å². The molecule has 212 valence electrons. The van der Waals surface area contributed by atoms with Gasteiger partial charge < -0.3 is 14.7 Å². The highest BCUT2D eigenvalue weighted by atomic mass is 79.9. The predicted molar refractivity (Wildman–Crippen MR) is 140 cm³/mol. The summed E-state index contributed by atoms with van der Waals surface area (Å²) in [4.78, 5) is 31.8. The van der Waals surface area contributed by atoms with Crippen LogP contribution in [-0.4, -0.2) is 43.0 Å². The average Bonchev–Trinajstić information content (AvgIpc) is 3.40. The summed E-state index contributed by atoms with van der Waals surface area (Å²) in [5, 5.41) is 17.7. The molecule has 2 aromatic carbocycles. The SMILES string of the molecule is O=C(O)c1cc(Oc2ncc(Cn3nccn3)cc2C(F)(F)F)c(F)cc1N(C(=O)c1ccc(Br)cc1)C1CCC1. The minimum Gasteiger partial charge on any atom is -0.478 e. The average molecular weight is 634 g/mol. The molecule has 2 aromatic heterocycles. The van der Waals surface area contributed by atoms with E-state index in [2.05, 4.69) is 31.1 Å². The zero-order valence-electron chi connectivity index (χ0n) is 21.0. The van der Waals surface area contributed by atoms with Crippen LogP contribution in [0.25, 0.3) is 0 Å². The standard InChI is InChI=1S/C27H20BrF4N5O4/c28-17-6-4-16(5-7-17)25(38)37(18-2-1-3-18)22-12-21(29)23(11-19(22)26(39)40)41-24-20(27(30,31)32)10-15(13-33-24)14-36-34-8-9-35-36/h4-13,18H,1-3,14H2,(H,39,40). The Morgan fingerprint density at radius 2 is 1.78 bits per heavy atom. The lowest BCUT2D eigenvalue weighted by Crippen LogP contribution is -2.45. The molecule has 2 heterocycles. The molecule has 0 radical (unpaired) electrons. The number of halogens is 5.